The molecule has 5 heteroatoms. The summed E-state index contributed by atoms with van der Waals surface area (Å²) in [6.45, 7) is 2.43. The van der Waals surface area contributed by atoms with Crippen LogP contribution in [-0.2, 0) is 11.2 Å². The van der Waals surface area contributed by atoms with Gasteiger partial charge in [-0.3, -0.25) is 14.3 Å². The summed E-state index contributed by atoms with van der Waals surface area (Å²) in [5.41, 5.74) is 2.54. The number of ether oxygens (including phenoxy) is 1. The summed E-state index contributed by atoms with van der Waals surface area (Å²) in [4.78, 5) is 21.7. The van der Waals surface area contributed by atoms with Crippen molar-refractivity contribution in [3.63, 3.8) is 0 Å². The van der Waals surface area contributed by atoms with Crippen molar-refractivity contribution in [1.29, 1.82) is 0 Å². The molecule has 0 saturated heterocycles. The summed E-state index contributed by atoms with van der Waals surface area (Å²) in [5, 5.41) is 0.629. The van der Waals surface area contributed by atoms with E-state index in [0.29, 0.717) is 17.5 Å². The fourth-order valence-electron chi connectivity index (χ4n) is 2.66. The van der Waals surface area contributed by atoms with Crippen molar-refractivity contribution in [2.45, 2.75) is 19.4 Å². The number of rotatable bonds is 5. The van der Waals surface area contributed by atoms with Gasteiger partial charge in [-0.15, -0.1) is 0 Å². The molecule has 0 N–H and O–H groups in total. The van der Waals surface area contributed by atoms with Gasteiger partial charge in [0.25, 0.3) is 5.56 Å². The zero-order chi connectivity index (χ0) is 16.2. The highest BCUT2D eigenvalue weighted by Crippen LogP contribution is 2.17. The second kappa shape index (κ2) is 6.71. The third kappa shape index (κ3) is 3.00. The van der Waals surface area contributed by atoms with E-state index in [1.807, 2.05) is 36.4 Å². The van der Waals surface area contributed by atoms with Crippen LogP contribution < -0.4 is 5.56 Å². The number of methoxy groups -OCH3 is 1. The van der Waals surface area contributed by atoms with Crippen LogP contribution >= 0.6 is 0 Å². The number of pyridine rings is 1. The van der Waals surface area contributed by atoms with Gasteiger partial charge < -0.3 is 4.74 Å². The van der Waals surface area contributed by atoms with E-state index in [0.717, 1.165) is 17.7 Å². The Morgan fingerprint density at radius 3 is 2.78 bits per heavy atom. The predicted octanol–water partition coefficient (Wildman–Crippen LogP) is 2.59. The molecular weight excluding hydrogens is 290 g/mol. The number of nitrogens with zero attached hydrogens (tertiary/aromatic N) is 3. The first-order valence-electron chi connectivity index (χ1n) is 7.64. The van der Waals surface area contributed by atoms with Crippen molar-refractivity contribution in [3.8, 4) is 0 Å². The summed E-state index contributed by atoms with van der Waals surface area (Å²) in [5.74, 6) is 0. The summed E-state index contributed by atoms with van der Waals surface area (Å²) in [6.07, 6.45) is 4.17. The van der Waals surface area contributed by atoms with Gasteiger partial charge in [-0.1, -0.05) is 19.1 Å². The standard InChI is InChI=1S/C18H19N3O2/c1-3-13-7-8-15-14(10-13)18(22)21(12-20-15)17(11-23-2)16-6-4-5-9-19-16/h4-10,12,17H,3,11H2,1-2H3/t17-/m1/s1. The van der Waals surface area contributed by atoms with E-state index in [-0.39, 0.29) is 11.6 Å². The fourth-order valence-corrected chi connectivity index (χ4v) is 2.66. The Morgan fingerprint density at radius 1 is 1.22 bits per heavy atom. The average Bonchev–Trinajstić information content (AvgIpc) is 2.61. The van der Waals surface area contributed by atoms with Gasteiger partial charge in [-0.05, 0) is 36.2 Å². The largest absolute Gasteiger partial charge is 0.382 e. The Hall–Kier alpha value is -2.53. The number of hydrogen-bond acceptors (Lipinski definition) is 4. The molecular formula is C18H19N3O2. The molecule has 5 nitrogen and oxygen atoms in total. The molecule has 0 radical (unpaired) electrons. The molecule has 0 amide bonds. The predicted molar refractivity (Wildman–Crippen MR) is 89.6 cm³/mol. The SMILES string of the molecule is CCc1ccc2ncn([C@H](COC)c3ccccn3)c(=O)c2c1. The van der Waals surface area contributed by atoms with E-state index < -0.39 is 0 Å². The Morgan fingerprint density at radius 2 is 2.09 bits per heavy atom. The van der Waals surface area contributed by atoms with Crippen LogP contribution in [0.15, 0.2) is 53.7 Å². The van der Waals surface area contributed by atoms with Crippen molar-refractivity contribution in [2.75, 3.05) is 13.7 Å². The molecule has 0 saturated carbocycles. The molecule has 0 aliphatic heterocycles. The molecule has 0 aliphatic rings. The quantitative estimate of drug-likeness (QED) is 0.727. The monoisotopic (exact) mass is 309 g/mol. The molecule has 1 aromatic carbocycles. The van der Waals surface area contributed by atoms with Gasteiger partial charge in [0, 0.05) is 13.3 Å². The topological polar surface area (TPSA) is 57.0 Å². The fraction of sp³-hybridized carbons (Fsp3) is 0.278. The Bertz CT molecular complexity index is 859. The second-order valence-corrected chi connectivity index (χ2v) is 5.39. The van der Waals surface area contributed by atoms with Crippen LogP contribution in [-0.4, -0.2) is 28.3 Å². The molecule has 2 aromatic heterocycles. The van der Waals surface area contributed by atoms with Crippen molar-refractivity contribution >= 4 is 10.9 Å². The third-order valence-electron chi connectivity index (χ3n) is 3.94. The highest BCUT2D eigenvalue weighted by molar-refractivity contribution is 5.78. The molecule has 2 heterocycles. The highest BCUT2D eigenvalue weighted by Gasteiger charge is 2.18. The highest BCUT2D eigenvalue weighted by atomic mass is 16.5. The zero-order valence-corrected chi connectivity index (χ0v) is 13.3. The van der Waals surface area contributed by atoms with Gasteiger partial charge in [0.1, 0.15) is 6.04 Å². The summed E-state index contributed by atoms with van der Waals surface area (Å²) in [6, 6.07) is 11.2. The third-order valence-corrected chi connectivity index (χ3v) is 3.94. The second-order valence-electron chi connectivity index (χ2n) is 5.39. The van der Waals surface area contributed by atoms with Crippen LogP contribution in [0.5, 0.6) is 0 Å². The molecule has 3 rings (SSSR count). The molecule has 0 bridgehead atoms. The minimum Gasteiger partial charge on any atom is -0.382 e. The summed E-state index contributed by atoms with van der Waals surface area (Å²) < 4.78 is 6.90. The maximum atomic E-state index is 12.9. The van der Waals surface area contributed by atoms with E-state index in [2.05, 4.69) is 16.9 Å². The summed E-state index contributed by atoms with van der Waals surface area (Å²) in [7, 11) is 1.62. The van der Waals surface area contributed by atoms with E-state index in [1.165, 1.54) is 0 Å². The number of hydrogen-bond donors (Lipinski definition) is 0. The lowest BCUT2D eigenvalue weighted by Gasteiger charge is -2.18. The minimum atomic E-state index is -0.295. The maximum absolute atomic E-state index is 12.9. The smallest absolute Gasteiger partial charge is 0.261 e. The van der Waals surface area contributed by atoms with Crippen LogP contribution in [0.4, 0.5) is 0 Å². The molecule has 0 spiro atoms. The maximum Gasteiger partial charge on any atom is 0.261 e. The molecule has 118 valence electrons. The molecule has 3 aromatic rings. The molecule has 0 fully saturated rings. The first-order valence-corrected chi connectivity index (χ1v) is 7.64. The van der Waals surface area contributed by atoms with Gasteiger partial charge in [0.15, 0.2) is 0 Å². The van der Waals surface area contributed by atoms with Gasteiger partial charge in [-0.2, -0.15) is 0 Å². The number of benzene rings is 1. The summed E-state index contributed by atoms with van der Waals surface area (Å²) >= 11 is 0. The number of aromatic nitrogens is 3. The number of aryl methyl sites for hydroxylation is 1. The Labute approximate surface area is 134 Å². The Kier molecular flexibility index (Phi) is 4.48. The van der Waals surface area contributed by atoms with Crippen molar-refractivity contribution in [3.05, 3.63) is 70.5 Å². The van der Waals surface area contributed by atoms with Gasteiger partial charge in [0.2, 0.25) is 0 Å². The lowest BCUT2D eigenvalue weighted by Crippen LogP contribution is -2.29. The number of fused-ring (bicyclic) bond motifs is 1. The lowest BCUT2D eigenvalue weighted by molar-refractivity contribution is 0.166. The van der Waals surface area contributed by atoms with E-state index >= 15 is 0 Å². The molecule has 0 aliphatic carbocycles. The lowest BCUT2D eigenvalue weighted by atomic mass is 10.1. The van der Waals surface area contributed by atoms with Crippen LogP contribution in [0.25, 0.3) is 10.9 Å². The van der Waals surface area contributed by atoms with Crippen LogP contribution in [0.3, 0.4) is 0 Å². The molecule has 1 atom stereocenters. The normalized spacial score (nSPS) is 12.4. The first-order chi connectivity index (χ1) is 11.2. The Balaban J connectivity index is 2.17. The van der Waals surface area contributed by atoms with E-state index in [1.54, 1.807) is 24.2 Å². The molecule has 0 unspecified atom stereocenters. The van der Waals surface area contributed by atoms with E-state index in [4.69, 9.17) is 4.74 Å². The van der Waals surface area contributed by atoms with E-state index in [9.17, 15) is 4.79 Å². The van der Waals surface area contributed by atoms with Crippen LogP contribution in [0.1, 0.15) is 24.2 Å². The van der Waals surface area contributed by atoms with Crippen LogP contribution in [0.2, 0.25) is 0 Å². The molecule has 23 heavy (non-hydrogen) atoms. The van der Waals surface area contributed by atoms with Crippen molar-refractivity contribution in [2.24, 2.45) is 0 Å². The first kappa shape index (κ1) is 15.4. The van der Waals surface area contributed by atoms with Crippen molar-refractivity contribution < 1.29 is 4.74 Å². The minimum absolute atomic E-state index is 0.0713. The van der Waals surface area contributed by atoms with Gasteiger partial charge in [0.05, 0.1) is 29.5 Å². The van der Waals surface area contributed by atoms with Crippen molar-refractivity contribution in [1.82, 2.24) is 14.5 Å². The zero-order valence-electron chi connectivity index (χ0n) is 13.3. The average molecular weight is 309 g/mol. The van der Waals surface area contributed by atoms with Gasteiger partial charge >= 0.3 is 0 Å². The van der Waals surface area contributed by atoms with Gasteiger partial charge in [-0.25, -0.2) is 4.98 Å². The van der Waals surface area contributed by atoms with Crippen LogP contribution in [0, 0.1) is 0 Å².